The van der Waals surface area contributed by atoms with Gasteiger partial charge in [-0.2, -0.15) is 13.2 Å². The Bertz CT molecular complexity index is 1200. The number of hydrogen-bond acceptors (Lipinski definition) is 5. The molecule has 2 aromatic carbocycles. The van der Waals surface area contributed by atoms with E-state index in [0.717, 1.165) is 17.0 Å². The highest BCUT2D eigenvalue weighted by atomic mass is 19.4. The van der Waals surface area contributed by atoms with Crippen LogP contribution in [0.5, 0.6) is 0 Å². The zero-order chi connectivity index (χ0) is 25.0. The predicted octanol–water partition coefficient (Wildman–Crippen LogP) is 4.51. The summed E-state index contributed by atoms with van der Waals surface area (Å²) < 4.78 is 44.1. The van der Waals surface area contributed by atoms with Crippen molar-refractivity contribution >= 4 is 34.2 Å². The number of benzene rings is 2. The van der Waals surface area contributed by atoms with Crippen LogP contribution in [0.2, 0.25) is 0 Å². The molecule has 4 rings (SSSR count). The number of ether oxygens (including phenoxy) is 1. The maximum absolute atomic E-state index is 13.0. The largest absolute Gasteiger partial charge is 0.461 e. The van der Waals surface area contributed by atoms with Crippen LogP contribution in [0.15, 0.2) is 48.5 Å². The number of piperazine rings is 1. The van der Waals surface area contributed by atoms with E-state index in [4.69, 9.17) is 4.74 Å². The Morgan fingerprint density at radius 3 is 2.51 bits per heavy atom. The Hall–Kier alpha value is -3.53. The van der Waals surface area contributed by atoms with E-state index in [9.17, 15) is 22.8 Å². The SMILES string of the molecule is CCOC(=O)c1[nH]c2ccccc2c1NC(=O)CCN1CCN(c2cccc(C(F)(F)F)c2)CC1. The van der Waals surface area contributed by atoms with Crippen molar-refractivity contribution in [2.75, 3.05) is 49.5 Å². The van der Waals surface area contributed by atoms with Gasteiger partial charge in [0.2, 0.25) is 5.91 Å². The smallest absolute Gasteiger partial charge is 0.416 e. The van der Waals surface area contributed by atoms with E-state index < -0.39 is 17.7 Å². The molecule has 0 spiro atoms. The maximum Gasteiger partial charge on any atom is 0.416 e. The third-order valence-electron chi connectivity index (χ3n) is 6.02. The van der Waals surface area contributed by atoms with Gasteiger partial charge in [0.25, 0.3) is 0 Å². The monoisotopic (exact) mass is 488 g/mol. The van der Waals surface area contributed by atoms with Crippen LogP contribution in [0.4, 0.5) is 24.5 Å². The highest BCUT2D eigenvalue weighted by Crippen LogP contribution is 2.32. The minimum atomic E-state index is -4.37. The van der Waals surface area contributed by atoms with Crippen LogP contribution in [0.25, 0.3) is 10.9 Å². The lowest BCUT2D eigenvalue weighted by Gasteiger charge is -2.36. The fraction of sp³-hybridized carbons (Fsp3) is 0.360. The number of carbonyl (C=O) groups is 2. The first-order valence-electron chi connectivity index (χ1n) is 11.5. The first kappa shape index (κ1) is 24.6. The second-order valence-corrected chi connectivity index (χ2v) is 8.32. The van der Waals surface area contributed by atoms with Gasteiger partial charge in [0.15, 0.2) is 0 Å². The average molecular weight is 489 g/mol. The van der Waals surface area contributed by atoms with Crippen LogP contribution in [0, 0.1) is 0 Å². The molecule has 7 nitrogen and oxygen atoms in total. The molecule has 2 N–H and O–H groups in total. The molecule has 2 heterocycles. The third kappa shape index (κ3) is 5.76. The Morgan fingerprint density at radius 1 is 1.06 bits per heavy atom. The van der Waals surface area contributed by atoms with Gasteiger partial charge < -0.3 is 19.9 Å². The van der Waals surface area contributed by atoms with Crippen LogP contribution in [0.3, 0.4) is 0 Å². The summed E-state index contributed by atoms with van der Waals surface area (Å²) >= 11 is 0. The molecule has 1 aromatic heterocycles. The van der Waals surface area contributed by atoms with Gasteiger partial charge in [0.1, 0.15) is 5.69 Å². The minimum absolute atomic E-state index is 0.205. The molecule has 0 radical (unpaired) electrons. The predicted molar refractivity (Wildman–Crippen MR) is 128 cm³/mol. The van der Waals surface area contributed by atoms with Crippen LogP contribution in [-0.2, 0) is 15.7 Å². The number of aromatic amines is 1. The number of aromatic nitrogens is 1. The number of nitrogens with zero attached hydrogens (tertiary/aromatic N) is 2. The molecule has 0 aliphatic carbocycles. The molecule has 0 bridgehead atoms. The summed E-state index contributed by atoms with van der Waals surface area (Å²) in [5, 5.41) is 3.57. The van der Waals surface area contributed by atoms with Crippen molar-refractivity contribution in [2.24, 2.45) is 0 Å². The van der Waals surface area contributed by atoms with Gasteiger partial charge >= 0.3 is 12.1 Å². The highest BCUT2D eigenvalue weighted by molar-refractivity contribution is 6.10. The number of alkyl halides is 3. The molecular formula is C25H27F3N4O3. The molecular weight excluding hydrogens is 461 g/mol. The highest BCUT2D eigenvalue weighted by Gasteiger charge is 2.31. The number of nitrogens with one attached hydrogen (secondary N) is 2. The fourth-order valence-electron chi connectivity index (χ4n) is 4.20. The Labute approximate surface area is 200 Å². The van der Waals surface area contributed by atoms with E-state index >= 15 is 0 Å². The second kappa shape index (κ2) is 10.4. The zero-order valence-corrected chi connectivity index (χ0v) is 19.3. The van der Waals surface area contributed by atoms with Crippen molar-refractivity contribution < 1.29 is 27.5 Å². The number of hydrogen-bond donors (Lipinski definition) is 2. The minimum Gasteiger partial charge on any atom is -0.461 e. The second-order valence-electron chi connectivity index (χ2n) is 8.32. The molecule has 0 unspecified atom stereocenters. The van der Waals surface area contributed by atoms with Crippen LogP contribution in [0.1, 0.15) is 29.4 Å². The normalized spacial score (nSPS) is 14.8. The molecule has 10 heteroatoms. The number of esters is 1. The number of amides is 1. The lowest BCUT2D eigenvalue weighted by atomic mass is 10.1. The molecule has 1 aliphatic rings. The number of halogens is 3. The van der Waals surface area contributed by atoms with Crippen LogP contribution >= 0.6 is 0 Å². The molecule has 186 valence electrons. The summed E-state index contributed by atoms with van der Waals surface area (Å²) in [7, 11) is 0. The Kier molecular flexibility index (Phi) is 7.30. The van der Waals surface area contributed by atoms with E-state index in [2.05, 4.69) is 15.2 Å². The van der Waals surface area contributed by atoms with Gasteiger partial charge in [0.05, 0.1) is 17.9 Å². The van der Waals surface area contributed by atoms with Crippen molar-refractivity contribution in [3.05, 3.63) is 59.8 Å². The first-order valence-corrected chi connectivity index (χ1v) is 11.5. The van der Waals surface area contributed by atoms with Gasteiger partial charge in [0, 0.05) is 55.7 Å². The summed E-state index contributed by atoms with van der Waals surface area (Å²) in [6.07, 6.45) is -4.16. The van der Waals surface area contributed by atoms with E-state index in [0.29, 0.717) is 44.1 Å². The molecule has 1 saturated heterocycles. The van der Waals surface area contributed by atoms with E-state index in [1.165, 1.54) is 12.1 Å². The van der Waals surface area contributed by atoms with Gasteiger partial charge in [-0.3, -0.25) is 9.69 Å². The number of rotatable bonds is 7. The number of H-pyrrole nitrogens is 1. The summed E-state index contributed by atoms with van der Waals surface area (Å²) in [6.45, 7) is 4.82. The van der Waals surface area contributed by atoms with Crippen molar-refractivity contribution in [3.63, 3.8) is 0 Å². The molecule has 1 fully saturated rings. The van der Waals surface area contributed by atoms with Gasteiger partial charge in [-0.15, -0.1) is 0 Å². The average Bonchev–Trinajstić information content (AvgIpc) is 3.21. The van der Waals surface area contributed by atoms with Crippen molar-refractivity contribution in [2.45, 2.75) is 19.5 Å². The van der Waals surface area contributed by atoms with Crippen LogP contribution in [-0.4, -0.2) is 61.1 Å². The Balaban J connectivity index is 1.33. The van der Waals surface area contributed by atoms with E-state index in [1.54, 1.807) is 13.0 Å². The number of fused-ring (bicyclic) bond motifs is 1. The lowest BCUT2D eigenvalue weighted by Crippen LogP contribution is -2.47. The van der Waals surface area contributed by atoms with Crippen LogP contribution < -0.4 is 10.2 Å². The lowest BCUT2D eigenvalue weighted by molar-refractivity contribution is -0.137. The molecule has 1 aliphatic heterocycles. The summed E-state index contributed by atoms with van der Waals surface area (Å²) in [5.74, 6) is -0.773. The standard InChI is InChI=1S/C25H27F3N4O3/c1-2-35-24(34)23-22(19-8-3-4-9-20(19)29-23)30-21(33)10-11-31-12-14-32(15-13-31)18-7-5-6-17(16-18)25(26,27)28/h3-9,16,29H,2,10-15H2,1H3,(H,30,33). The van der Waals surface area contributed by atoms with Crippen molar-refractivity contribution in [1.82, 2.24) is 9.88 Å². The quantitative estimate of drug-likeness (QED) is 0.479. The molecule has 0 saturated carbocycles. The summed E-state index contributed by atoms with van der Waals surface area (Å²) in [4.78, 5) is 32.1. The van der Waals surface area contributed by atoms with Gasteiger partial charge in [-0.25, -0.2) is 4.79 Å². The zero-order valence-electron chi connectivity index (χ0n) is 19.3. The van der Waals surface area contributed by atoms with Crippen molar-refractivity contribution in [3.8, 4) is 0 Å². The fourth-order valence-corrected chi connectivity index (χ4v) is 4.20. The van der Waals surface area contributed by atoms with E-state index in [-0.39, 0.29) is 24.6 Å². The number of carbonyl (C=O) groups excluding carboxylic acids is 2. The molecule has 3 aromatic rings. The number of anilines is 2. The summed E-state index contributed by atoms with van der Waals surface area (Å²) in [6, 6.07) is 12.6. The third-order valence-corrected chi connectivity index (χ3v) is 6.02. The topological polar surface area (TPSA) is 77.7 Å². The number of para-hydroxylation sites is 1. The van der Waals surface area contributed by atoms with Crippen molar-refractivity contribution in [1.29, 1.82) is 0 Å². The Morgan fingerprint density at radius 2 is 1.80 bits per heavy atom. The summed E-state index contributed by atoms with van der Waals surface area (Å²) in [5.41, 5.74) is 1.21. The molecule has 35 heavy (non-hydrogen) atoms. The molecule has 0 atom stereocenters. The molecule has 1 amide bonds. The van der Waals surface area contributed by atoms with E-state index in [1.807, 2.05) is 29.2 Å². The maximum atomic E-state index is 13.0. The van der Waals surface area contributed by atoms with Gasteiger partial charge in [-0.05, 0) is 31.2 Å². The first-order chi connectivity index (χ1) is 16.8. The van der Waals surface area contributed by atoms with Gasteiger partial charge in [-0.1, -0.05) is 24.3 Å².